The fraction of sp³-hybridized carbons (Fsp3) is 0.400. The van der Waals surface area contributed by atoms with Gasteiger partial charge in [0.2, 0.25) is 5.17 Å². The largest absolute Gasteiger partial charge is 0.476 e. The minimum Gasteiger partial charge on any atom is -0.476 e. The molecule has 8 heteroatoms. The monoisotopic (exact) mass is 215 g/mol. The fourth-order valence-corrected chi connectivity index (χ4v) is 0.536. The van der Waals surface area contributed by atoms with Crippen LogP contribution in [0.2, 0.25) is 0 Å². The van der Waals surface area contributed by atoms with Crippen molar-refractivity contribution < 1.29 is 28.3 Å². The van der Waals surface area contributed by atoms with Crippen LogP contribution in [0, 0.1) is 0 Å². The molecular formula is C5H4ClF2NO4. The molecule has 0 fully saturated rings. The van der Waals surface area contributed by atoms with Gasteiger partial charge >= 0.3 is 11.9 Å². The Morgan fingerprint density at radius 1 is 1.54 bits per heavy atom. The molecule has 0 aliphatic heterocycles. The molecule has 0 aromatic carbocycles. The van der Waals surface area contributed by atoms with Crippen molar-refractivity contribution in [1.29, 1.82) is 0 Å². The van der Waals surface area contributed by atoms with Gasteiger partial charge in [-0.2, -0.15) is 8.78 Å². The molecule has 0 heterocycles. The lowest BCUT2D eigenvalue weighted by Gasteiger charge is -2.06. The lowest BCUT2D eigenvalue weighted by atomic mass is 10.2. The maximum Gasteiger partial charge on any atom is 0.406 e. The zero-order valence-electron chi connectivity index (χ0n) is 6.25. The summed E-state index contributed by atoms with van der Waals surface area (Å²) in [5, 5.41) is 9.34. The number of carboxylic acids is 1. The van der Waals surface area contributed by atoms with Crippen molar-refractivity contribution in [2.75, 3.05) is 7.11 Å². The summed E-state index contributed by atoms with van der Waals surface area (Å²) in [5.41, 5.74) is 0. The summed E-state index contributed by atoms with van der Waals surface area (Å²) >= 11 is 4.89. The number of carbonyl (C=O) groups excluding carboxylic acids is 1. The van der Waals surface area contributed by atoms with Crippen molar-refractivity contribution in [2.45, 2.75) is 5.92 Å². The fourth-order valence-electron chi connectivity index (χ4n) is 0.348. The molecule has 74 valence electrons. The quantitative estimate of drug-likeness (QED) is 0.420. The van der Waals surface area contributed by atoms with Crippen LogP contribution in [-0.4, -0.2) is 35.1 Å². The van der Waals surface area contributed by atoms with Crippen molar-refractivity contribution in [3.8, 4) is 0 Å². The highest BCUT2D eigenvalue weighted by atomic mass is 35.5. The van der Waals surface area contributed by atoms with Gasteiger partial charge in [0.25, 0.3) is 5.78 Å². The van der Waals surface area contributed by atoms with Crippen LogP contribution in [-0.2, 0) is 14.4 Å². The topological polar surface area (TPSA) is 76.0 Å². The maximum atomic E-state index is 12.3. The van der Waals surface area contributed by atoms with Gasteiger partial charge in [-0.25, -0.2) is 4.79 Å². The Balaban J connectivity index is 4.79. The number of carboxylic acid groups (broad SMARTS) is 1. The van der Waals surface area contributed by atoms with Gasteiger partial charge in [-0.15, -0.1) is 0 Å². The van der Waals surface area contributed by atoms with Gasteiger partial charge in [0, 0.05) is 0 Å². The third-order valence-corrected chi connectivity index (χ3v) is 1.15. The molecule has 0 saturated carbocycles. The van der Waals surface area contributed by atoms with Gasteiger partial charge in [0.05, 0.1) is 0 Å². The van der Waals surface area contributed by atoms with E-state index in [4.69, 9.17) is 16.7 Å². The molecule has 0 saturated heterocycles. The first kappa shape index (κ1) is 11.8. The number of nitrogens with zero attached hydrogens (tertiary/aromatic N) is 1. The number of oxime groups is 1. The number of halogens is 3. The SMILES string of the molecule is CON=C(Cl)C(=O)C(F)(F)C(=O)O. The molecule has 0 spiro atoms. The van der Waals surface area contributed by atoms with Crippen molar-refractivity contribution in [3.63, 3.8) is 0 Å². The minimum absolute atomic E-state index is 0.967. The molecule has 0 aromatic heterocycles. The number of hydrogen-bond acceptors (Lipinski definition) is 4. The predicted octanol–water partition coefficient (Wildman–Crippen LogP) is 0.474. The molecule has 5 nitrogen and oxygen atoms in total. The lowest BCUT2D eigenvalue weighted by Crippen LogP contribution is -2.40. The summed E-state index contributed by atoms with van der Waals surface area (Å²) in [6.45, 7) is 0. The standard InChI is InChI=1S/C5H4ClF2NO4/c1-13-9-3(6)2(10)5(7,8)4(11)12/h1H3,(H,11,12). The van der Waals surface area contributed by atoms with Crippen LogP contribution in [0.3, 0.4) is 0 Å². The number of Topliss-reactive ketones (excluding diaryl/α,β-unsaturated/α-hetero) is 1. The van der Waals surface area contributed by atoms with E-state index >= 15 is 0 Å². The summed E-state index contributed by atoms with van der Waals surface area (Å²) in [6.07, 6.45) is 0. The van der Waals surface area contributed by atoms with Crippen LogP contribution in [0.4, 0.5) is 8.78 Å². The molecule has 13 heavy (non-hydrogen) atoms. The zero-order valence-corrected chi connectivity index (χ0v) is 7.01. The van der Waals surface area contributed by atoms with Gasteiger partial charge in [0.1, 0.15) is 7.11 Å². The van der Waals surface area contributed by atoms with E-state index in [1.165, 1.54) is 0 Å². The van der Waals surface area contributed by atoms with E-state index in [1.54, 1.807) is 0 Å². The Hall–Kier alpha value is -1.24. The van der Waals surface area contributed by atoms with Crippen molar-refractivity contribution in [3.05, 3.63) is 0 Å². The van der Waals surface area contributed by atoms with Gasteiger partial charge in [-0.1, -0.05) is 16.8 Å². The third-order valence-electron chi connectivity index (χ3n) is 0.913. The van der Waals surface area contributed by atoms with Crippen LogP contribution < -0.4 is 0 Å². The highest BCUT2D eigenvalue weighted by Gasteiger charge is 2.49. The number of carbonyl (C=O) groups is 2. The van der Waals surface area contributed by atoms with Crippen molar-refractivity contribution >= 4 is 28.5 Å². The van der Waals surface area contributed by atoms with E-state index in [0.29, 0.717) is 0 Å². The second-order valence-electron chi connectivity index (χ2n) is 1.77. The van der Waals surface area contributed by atoms with Gasteiger partial charge < -0.3 is 9.94 Å². The molecule has 0 atom stereocenters. The van der Waals surface area contributed by atoms with E-state index in [-0.39, 0.29) is 0 Å². The number of hydrogen-bond donors (Lipinski definition) is 1. The molecular weight excluding hydrogens is 212 g/mol. The Kier molecular flexibility index (Phi) is 3.73. The Bertz CT molecular complexity index is 265. The summed E-state index contributed by atoms with van der Waals surface area (Å²) in [5.74, 6) is -9.30. The average molecular weight is 216 g/mol. The number of rotatable bonds is 4. The van der Waals surface area contributed by atoms with E-state index < -0.39 is 22.8 Å². The molecule has 0 aliphatic carbocycles. The third kappa shape index (κ3) is 2.62. The van der Waals surface area contributed by atoms with E-state index in [1.807, 2.05) is 0 Å². The van der Waals surface area contributed by atoms with Crippen molar-refractivity contribution in [2.24, 2.45) is 5.16 Å². The smallest absolute Gasteiger partial charge is 0.406 e. The Labute approximate surface area is 75.9 Å². The molecule has 1 N–H and O–H groups in total. The predicted molar refractivity (Wildman–Crippen MR) is 37.9 cm³/mol. The van der Waals surface area contributed by atoms with Crippen LogP contribution in [0.1, 0.15) is 0 Å². The molecule has 0 rings (SSSR count). The molecule has 0 radical (unpaired) electrons. The van der Waals surface area contributed by atoms with E-state index in [2.05, 4.69) is 9.99 Å². The molecule has 0 aromatic rings. The van der Waals surface area contributed by atoms with Gasteiger partial charge in [0.15, 0.2) is 0 Å². The van der Waals surface area contributed by atoms with E-state index in [9.17, 15) is 18.4 Å². The first-order valence-electron chi connectivity index (χ1n) is 2.76. The summed E-state index contributed by atoms with van der Waals surface area (Å²) in [7, 11) is 0.967. The summed E-state index contributed by atoms with van der Waals surface area (Å²) in [6, 6.07) is 0. The van der Waals surface area contributed by atoms with Crippen molar-refractivity contribution in [1.82, 2.24) is 0 Å². The zero-order chi connectivity index (χ0) is 10.6. The maximum absolute atomic E-state index is 12.3. The molecule has 0 amide bonds. The molecule has 0 bridgehead atoms. The second-order valence-corrected chi connectivity index (χ2v) is 2.13. The molecule has 0 aliphatic rings. The average Bonchev–Trinajstić information content (AvgIpc) is 2.03. The minimum atomic E-state index is -4.58. The first-order valence-corrected chi connectivity index (χ1v) is 3.14. The van der Waals surface area contributed by atoms with Crippen LogP contribution in [0.5, 0.6) is 0 Å². The van der Waals surface area contributed by atoms with Crippen LogP contribution >= 0.6 is 11.6 Å². The van der Waals surface area contributed by atoms with Crippen LogP contribution in [0.25, 0.3) is 0 Å². The lowest BCUT2D eigenvalue weighted by molar-refractivity contribution is -0.168. The number of aliphatic carboxylic acids is 1. The number of ketones is 1. The highest BCUT2D eigenvalue weighted by Crippen LogP contribution is 2.17. The molecule has 0 unspecified atom stereocenters. The summed E-state index contributed by atoms with van der Waals surface area (Å²) < 4.78 is 24.7. The van der Waals surface area contributed by atoms with Gasteiger partial charge in [-0.3, -0.25) is 4.79 Å². The normalized spacial score (nSPS) is 12.5. The highest BCUT2D eigenvalue weighted by molar-refractivity contribution is 6.84. The van der Waals surface area contributed by atoms with E-state index in [0.717, 1.165) is 7.11 Å². The Morgan fingerprint density at radius 3 is 2.31 bits per heavy atom. The Morgan fingerprint density at radius 2 is 2.00 bits per heavy atom. The number of alkyl halides is 2. The first-order chi connectivity index (χ1) is 5.84. The van der Waals surface area contributed by atoms with Gasteiger partial charge in [-0.05, 0) is 0 Å². The summed E-state index contributed by atoms with van der Waals surface area (Å²) in [4.78, 5) is 24.3. The second kappa shape index (κ2) is 4.13. The van der Waals surface area contributed by atoms with Crippen LogP contribution in [0.15, 0.2) is 5.16 Å².